The van der Waals surface area contributed by atoms with Crippen LogP contribution in [0.4, 0.5) is 5.82 Å². The van der Waals surface area contributed by atoms with E-state index >= 15 is 0 Å². The van der Waals surface area contributed by atoms with Gasteiger partial charge in [0.25, 0.3) is 0 Å². The Bertz CT molecular complexity index is 527. The van der Waals surface area contributed by atoms with Crippen LogP contribution in [0.2, 0.25) is 0 Å². The highest BCUT2D eigenvalue weighted by atomic mass is 15.0. The van der Waals surface area contributed by atoms with E-state index in [9.17, 15) is 0 Å². The van der Waals surface area contributed by atoms with Crippen molar-refractivity contribution in [2.75, 3.05) is 12.3 Å². The highest BCUT2D eigenvalue weighted by molar-refractivity contribution is 5.45. The molecule has 0 aliphatic heterocycles. The zero-order valence-electron chi connectivity index (χ0n) is 11.3. The third-order valence-electron chi connectivity index (χ3n) is 2.84. The second kappa shape index (κ2) is 6.24. The molecule has 0 saturated heterocycles. The minimum absolute atomic E-state index is 0.117. The molecule has 0 fully saturated rings. The fourth-order valence-corrected chi connectivity index (χ4v) is 1.92. The molecule has 2 aromatic heterocycles. The number of rotatable bonds is 5. The van der Waals surface area contributed by atoms with Crippen LogP contribution in [0.25, 0.3) is 0 Å². The minimum Gasteiger partial charge on any atom is -0.383 e. The number of nitrogens with one attached hydrogen (secondary N) is 1. The molecule has 0 radical (unpaired) electrons. The van der Waals surface area contributed by atoms with Crippen LogP contribution in [0.5, 0.6) is 0 Å². The number of nitrogens with zero attached hydrogens (tertiary/aromatic N) is 3. The van der Waals surface area contributed by atoms with Gasteiger partial charge in [0, 0.05) is 24.2 Å². The molecule has 0 aliphatic carbocycles. The van der Waals surface area contributed by atoms with Gasteiger partial charge in [0.1, 0.15) is 11.6 Å². The topological polar surface area (TPSA) is 76.7 Å². The lowest BCUT2D eigenvalue weighted by Gasteiger charge is -2.19. The van der Waals surface area contributed by atoms with E-state index in [2.05, 4.69) is 27.2 Å². The molecule has 100 valence electrons. The van der Waals surface area contributed by atoms with Crippen LogP contribution in [-0.2, 0) is 0 Å². The number of anilines is 1. The quantitative estimate of drug-likeness (QED) is 0.854. The van der Waals surface area contributed by atoms with Crippen molar-refractivity contribution >= 4 is 5.82 Å². The van der Waals surface area contributed by atoms with Crippen molar-refractivity contribution < 1.29 is 0 Å². The number of nitrogens with two attached hydrogens (primary N) is 1. The highest BCUT2D eigenvalue weighted by Gasteiger charge is 2.19. The lowest BCUT2D eigenvalue weighted by Crippen LogP contribution is -2.26. The SMILES string of the molecule is CCCNC(c1ncccn1)c1cc(C)cnc1N. The molecule has 1 atom stereocenters. The summed E-state index contributed by atoms with van der Waals surface area (Å²) in [6.07, 6.45) is 6.27. The maximum Gasteiger partial charge on any atom is 0.149 e. The van der Waals surface area contributed by atoms with E-state index in [1.807, 2.05) is 13.0 Å². The van der Waals surface area contributed by atoms with Crippen LogP contribution in [0, 0.1) is 6.92 Å². The van der Waals surface area contributed by atoms with Crippen molar-refractivity contribution in [1.82, 2.24) is 20.3 Å². The molecule has 5 heteroatoms. The molecule has 0 aromatic carbocycles. The first kappa shape index (κ1) is 13.4. The van der Waals surface area contributed by atoms with Crippen LogP contribution < -0.4 is 11.1 Å². The van der Waals surface area contributed by atoms with Gasteiger partial charge in [-0.15, -0.1) is 0 Å². The fourth-order valence-electron chi connectivity index (χ4n) is 1.92. The summed E-state index contributed by atoms with van der Waals surface area (Å²) in [6, 6.07) is 3.72. The third-order valence-corrected chi connectivity index (χ3v) is 2.84. The van der Waals surface area contributed by atoms with E-state index < -0.39 is 0 Å². The third kappa shape index (κ3) is 3.26. The first-order valence-corrected chi connectivity index (χ1v) is 6.44. The van der Waals surface area contributed by atoms with Crippen molar-refractivity contribution in [3.63, 3.8) is 0 Å². The molecule has 2 rings (SSSR count). The van der Waals surface area contributed by atoms with E-state index in [0.29, 0.717) is 5.82 Å². The molecule has 5 nitrogen and oxygen atoms in total. The van der Waals surface area contributed by atoms with Crippen LogP contribution >= 0.6 is 0 Å². The summed E-state index contributed by atoms with van der Waals surface area (Å²) in [5.74, 6) is 1.24. The average Bonchev–Trinajstić information content (AvgIpc) is 2.44. The summed E-state index contributed by atoms with van der Waals surface area (Å²) in [5.41, 5.74) is 8.00. The number of aromatic nitrogens is 3. The minimum atomic E-state index is -0.117. The zero-order valence-corrected chi connectivity index (χ0v) is 11.3. The Morgan fingerprint density at radius 3 is 2.68 bits per heavy atom. The fraction of sp³-hybridized carbons (Fsp3) is 0.357. The predicted octanol–water partition coefficient (Wildman–Crippen LogP) is 1.85. The lowest BCUT2D eigenvalue weighted by molar-refractivity contribution is 0.571. The Labute approximate surface area is 113 Å². The van der Waals surface area contributed by atoms with Gasteiger partial charge in [0.2, 0.25) is 0 Å². The second-order valence-corrected chi connectivity index (χ2v) is 4.48. The largest absolute Gasteiger partial charge is 0.383 e. The maximum absolute atomic E-state index is 5.99. The monoisotopic (exact) mass is 257 g/mol. The molecular formula is C14H19N5. The molecule has 2 heterocycles. The Balaban J connectivity index is 2.40. The van der Waals surface area contributed by atoms with Crippen LogP contribution in [0.1, 0.15) is 36.3 Å². The van der Waals surface area contributed by atoms with Crippen LogP contribution in [-0.4, -0.2) is 21.5 Å². The number of hydrogen-bond donors (Lipinski definition) is 2. The van der Waals surface area contributed by atoms with Crippen molar-refractivity contribution in [2.24, 2.45) is 0 Å². The molecule has 1 unspecified atom stereocenters. The maximum atomic E-state index is 5.99. The van der Waals surface area contributed by atoms with Crippen molar-refractivity contribution in [3.8, 4) is 0 Å². The first-order chi connectivity index (χ1) is 9.22. The highest BCUT2D eigenvalue weighted by Crippen LogP contribution is 2.23. The molecule has 2 aromatic rings. The summed E-state index contributed by atoms with van der Waals surface area (Å²) in [5, 5.41) is 3.43. The van der Waals surface area contributed by atoms with Crippen LogP contribution in [0.3, 0.4) is 0 Å². The number of pyridine rings is 1. The zero-order chi connectivity index (χ0) is 13.7. The Morgan fingerprint density at radius 1 is 1.26 bits per heavy atom. The van der Waals surface area contributed by atoms with Crippen LogP contribution in [0.15, 0.2) is 30.7 Å². The van der Waals surface area contributed by atoms with Gasteiger partial charge in [-0.2, -0.15) is 0 Å². The van der Waals surface area contributed by atoms with Crippen molar-refractivity contribution in [3.05, 3.63) is 47.7 Å². The molecular weight excluding hydrogens is 238 g/mol. The Morgan fingerprint density at radius 2 is 2.00 bits per heavy atom. The molecule has 19 heavy (non-hydrogen) atoms. The molecule has 0 amide bonds. The molecule has 0 saturated carbocycles. The van der Waals surface area contributed by atoms with E-state index in [0.717, 1.165) is 29.9 Å². The Hall–Kier alpha value is -2.01. The molecule has 0 bridgehead atoms. The van der Waals surface area contributed by atoms with E-state index in [-0.39, 0.29) is 6.04 Å². The first-order valence-electron chi connectivity index (χ1n) is 6.44. The van der Waals surface area contributed by atoms with Gasteiger partial charge in [-0.3, -0.25) is 0 Å². The van der Waals surface area contributed by atoms with E-state index in [4.69, 9.17) is 5.73 Å². The van der Waals surface area contributed by atoms with Gasteiger partial charge >= 0.3 is 0 Å². The van der Waals surface area contributed by atoms with Gasteiger partial charge in [-0.05, 0) is 37.6 Å². The van der Waals surface area contributed by atoms with Crippen molar-refractivity contribution in [1.29, 1.82) is 0 Å². The second-order valence-electron chi connectivity index (χ2n) is 4.48. The van der Waals surface area contributed by atoms with E-state index in [1.54, 1.807) is 24.7 Å². The number of hydrogen-bond acceptors (Lipinski definition) is 5. The smallest absolute Gasteiger partial charge is 0.149 e. The summed E-state index contributed by atoms with van der Waals surface area (Å²) in [4.78, 5) is 12.9. The summed E-state index contributed by atoms with van der Waals surface area (Å²) in [6.45, 7) is 4.99. The normalized spacial score (nSPS) is 12.3. The molecule has 0 aliphatic rings. The number of aryl methyl sites for hydroxylation is 1. The van der Waals surface area contributed by atoms with Crippen molar-refractivity contribution in [2.45, 2.75) is 26.3 Å². The molecule has 0 spiro atoms. The average molecular weight is 257 g/mol. The van der Waals surface area contributed by atoms with Gasteiger partial charge < -0.3 is 11.1 Å². The molecule has 3 N–H and O–H groups in total. The van der Waals surface area contributed by atoms with Gasteiger partial charge in [-0.25, -0.2) is 15.0 Å². The van der Waals surface area contributed by atoms with E-state index in [1.165, 1.54) is 0 Å². The Kier molecular flexibility index (Phi) is 4.41. The lowest BCUT2D eigenvalue weighted by atomic mass is 10.1. The summed E-state index contributed by atoms with van der Waals surface area (Å²) >= 11 is 0. The predicted molar refractivity (Wildman–Crippen MR) is 75.6 cm³/mol. The number of nitrogen functional groups attached to an aromatic ring is 1. The summed E-state index contributed by atoms with van der Waals surface area (Å²) in [7, 11) is 0. The summed E-state index contributed by atoms with van der Waals surface area (Å²) < 4.78 is 0. The van der Waals surface area contributed by atoms with Gasteiger partial charge in [0.05, 0.1) is 6.04 Å². The van der Waals surface area contributed by atoms with Gasteiger partial charge in [-0.1, -0.05) is 6.92 Å². The standard InChI is InChI=1S/C14H19N5/c1-3-5-16-12(14-17-6-4-7-18-14)11-8-10(2)9-19-13(11)15/h4,6-9,12,16H,3,5H2,1-2H3,(H2,15,19). The van der Waals surface area contributed by atoms with Gasteiger partial charge in [0.15, 0.2) is 0 Å².